The van der Waals surface area contributed by atoms with Crippen molar-refractivity contribution in [1.82, 2.24) is 13.9 Å². The first-order valence-corrected chi connectivity index (χ1v) is 5.94. The van der Waals surface area contributed by atoms with Gasteiger partial charge in [0, 0.05) is 6.54 Å². The highest BCUT2D eigenvalue weighted by Crippen LogP contribution is 2.10. The highest BCUT2D eigenvalue weighted by molar-refractivity contribution is 7.78. The number of halogens is 1. The number of aromatic nitrogens is 2. The molecule has 0 aliphatic rings. The molecule has 0 aromatic carbocycles. The van der Waals surface area contributed by atoms with E-state index in [-0.39, 0.29) is 0 Å². The van der Waals surface area contributed by atoms with Gasteiger partial charge in [0.25, 0.3) is 0 Å². The average Bonchev–Trinajstić information content (AvgIpc) is 2.56. The van der Waals surface area contributed by atoms with Crippen molar-refractivity contribution >= 4 is 11.4 Å². The topological polar surface area (TPSA) is 38.1 Å². The average molecular weight is 233 g/mol. The zero-order valence-corrected chi connectivity index (χ0v) is 10.1. The van der Waals surface area contributed by atoms with Crippen LogP contribution in [0.2, 0.25) is 0 Å². The molecule has 1 atom stereocenters. The van der Waals surface area contributed by atoms with Gasteiger partial charge in [0.2, 0.25) is 0 Å². The lowest BCUT2D eigenvalue weighted by Crippen LogP contribution is -2.24. The summed E-state index contributed by atoms with van der Waals surface area (Å²) in [5, 5.41) is 0. The van der Waals surface area contributed by atoms with E-state index in [1.165, 1.54) is 0 Å². The highest BCUT2D eigenvalue weighted by Gasteiger charge is 2.13. The molecule has 0 radical (unpaired) electrons. The molecule has 0 spiro atoms. The van der Waals surface area contributed by atoms with Gasteiger partial charge in [-0.3, -0.25) is 4.90 Å². The van der Waals surface area contributed by atoms with Crippen LogP contribution in [-0.4, -0.2) is 31.2 Å². The maximum absolute atomic E-state index is 12.8. The summed E-state index contributed by atoms with van der Waals surface area (Å²) >= 11 is -2.51. The second kappa shape index (κ2) is 5.37. The molecule has 86 valence electrons. The molecule has 0 aliphatic carbocycles. The number of hydrogen-bond donors (Lipinski definition) is 0. The van der Waals surface area contributed by atoms with Gasteiger partial charge in [-0.2, -0.15) is 4.21 Å². The summed E-state index contributed by atoms with van der Waals surface area (Å²) in [4.78, 5) is 6.07. The summed E-state index contributed by atoms with van der Waals surface area (Å²) in [5.74, 6) is 0.443. The molecule has 1 aromatic rings. The smallest absolute Gasteiger partial charge is 0.298 e. The summed E-state index contributed by atoms with van der Waals surface area (Å²) in [5.41, 5.74) is 0.650. The monoisotopic (exact) mass is 233 g/mol. The van der Waals surface area contributed by atoms with E-state index >= 15 is 0 Å². The van der Waals surface area contributed by atoms with Crippen LogP contribution in [0.3, 0.4) is 0 Å². The molecule has 0 saturated carbocycles. The van der Waals surface area contributed by atoms with E-state index in [1.807, 2.05) is 13.8 Å². The van der Waals surface area contributed by atoms with E-state index in [0.717, 1.165) is 17.1 Å². The molecule has 1 aromatic heterocycles. The van der Waals surface area contributed by atoms with E-state index < -0.39 is 11.4 Å². The third-order valence-corrected chi connectivity index (χ3v) is 3.16. The minimum atomic E-state index is -2.51. The Kier molecular flexibility index (Phi) is 4.41. The van der Waals surface area contributed by atoms with Crippen molar-refractivity contribution in [1.29, 1.82) is 0 Å². The molecule has 4 nitrogen and oxygen atoms in total. The maximum atomic E-state index is 12.8. The zero-order chi connectivity index (χ0) is 11.4. The lowest BCUT2D eigenvalue weighted by atomic mass is 10.4. The number of aryl methyl sites for hydroxylation is 1. The first-order valence-electron chi connectivity index (χ1n) is 4.94. The first kappa shape index (κ1) is 12.3. The van der Waals surface area contributed by atoms with Crippen LogP contribution in [-0.2, 0) is 17.9 Å². The van der Waals surface area contributed by atoms with Crippen molar-refractivity contribution < 1.29 is 8.09 Å². The summed E-state index contributed by atoms with van der Waals surface area (Å²) in [7, 11) is 0. The maximum Gasteiger partial charge on any atom is 0.309 e. The van der Waals surface area contributed by atoms with Crippen molar-refractivity contribution in [2.75, 3.05) is 13.1 Å². The Bertz CT molecular complexity index is 349. The fraction of sp³-hybridized carbons (Fsp3) is 0.667. The molecule has 0 aliphatic heterocycles. The van der Waals surface area contributed by atoms with Crippen LogP contribution in [0.4, 0.5) is 3.89 Å². The van der Waals surface area contributed by atoms with E-state index in [9.17, 15) is 8.09 Å². The summed E-state index contributed by atoms with van der Waals surface area (Å²) in [6.45, 7) is 8.03. The van der Waals surface area contributed by atoms with Crippen LogP contribution >= 0.6 is 0 Å². The predicted octanol–water partition coefficient (Wildman–Crippen LogP) is 1.43. The van der Waals surface area contributed by atoms with Crippen LogP contribution in [0.25, 0.3) is 0 Å². The third kappa shape index (κ3) is 2.85. The first-order chi connectivity index (χ1) is 7.10. The van der Waals surface area contributed by atoms with Crippen molar-refractivity contribution in [2.24, 2.45) is 0 Å². The van der Waals surface area contributed by atoms with Gasteiger partial charge in [0.05, 0.1) is 11.9 Å². The second-order valence-electron chi connectivity index (χ2n) is 3.26. The van der Waals surface area contributed by atoms with Gasteiger partial charge in [0.15, 0.2) is 0 Å². The standard InChI is InChI=1S/C9H16FN3OS/c1-4-12(5-2)7-9-6-11-8(3)13(9)15(10)14/h6H,4-5,7H2,1-3H3. The minimum Gasteiger partial charge on any atom is -0.298 e. The summed E-state index contributed by atoms with van der Waals surface area (Å²) < 4.78 is 24.8. The lowest BCUT2D eigenvalue weighted by molar-refractivity contribution is 0.291. The Morgan fingerprint density at radius 3 is 2.60 bits per heavy atom. The van der Waals surface area contributed by atoms with Gasteiger partial charge in [-0.15, -0.1) is 3.89 Å². The molecule has 1 heterocycles. The molecule has 6 heteroatoms. The minimum absolute atomic E-state index is 0.443. The van der Waals surface area contributed by atoms with Crippen molar-refractivity contribution in [3.8, 4) is 0 Å². The van der Waals surface area contributed by atoms with Crippen LogP contribution in [0.5, 0.6) is 0 Å². The Balaban J connectivity index is 2.89. The lowest BCUT2D eigenvalue weighted by Gasteiger charge is -2.17. The molecule has 0 saturated heterocycles. The number of hydrogen-bond acceptors (Lipinski definition) is 3. The van der Waals surface area contributed by atoms with Crippen LogP contribution in [0, 0.1) is 6.92 Å². The number of nitrogens with zero attached hydrogens (tertiary/aromatic N) is 3. The van der Waals surface area contributed by atoms with E-state index in [2.05, 4.69) is 9.88 Å². The summed E-state index contributed by atoms with van der Waals surface area (Å²) in [6.07, 6.45) is 1.57. The number of rotatable bonds is 5. The predicted molar refractivity (Wildman–Crippen MR) is 58.2 cm³/mol. The quantitative estimate of drug-likeness (QED) is 0.722. The van der Waals surface area contributed by atoms with Crippen LogP contribution in [0.15, 0.2) is 6.20 Å². The molecule has 1 unspecified atom stereocenters. The van der Waals surface area contributed by atoms with Crippen LogP contribution in [0.1, 0.15) is 25.4 Å². The van der Waals surface area contributed by atoms with E-state index in [0.29, 0.717) is 18.1 Å². The molecular formula is C9H16FN3OS. The van der Waals surface area contributed by atoms with Gasteiger partial charge < -0.3 is 0 Å². The van der Waals surface area contributed by atoms with Gasteiger partial charge in [-0.05, 0) is 20.0 Å². The van der Waals surface area contributed by atoms with Crippen molar-refractivity contribution in [3.63, 3.8) is 0 Å². The molecule has 0 amide bonds. The van der Waals surface area contributed by atoms with Gasteiger partial charge in [-0.1, -0.05) is 13.8 Å². The largest absolute Gasteiger partial charge is 0.309 e. The normalized spacial score (nSPS) is 13.4. The van der Waals surface area contributed by atoms with E-state index in [4.69, 9.17) is 0 Å². The molecular weight excluding hydrogens is 217 g/mol. The fourth-order valence-electron chi connectivity index (χ4n) is 1.46. The Morgan fingerprint density at radius 1 is 1.53 bits per heavy atom. The molecule has 15 heavy (non-hydrogen) atoms. The second-order valence-corrected chi connectivity index (χ2v) is 4.04. The van der Waals surface area contributed by atoms with Crippen LogP contribution < -0.4 is 0 Å². The molecule has 0 fully saturated rings. The van der Waals surface area contributed by atoms with Gasteiger partial charge in [0.1, 0.15) is 5.82 Å². The SMILES string of the molecule is CCN(CC)Cc1cnc(C)n1S(=O)F. The van der Waals surface area contributed by atoms with Crippen molar-refractivity contribution in [3.05, 3.63) is 17.7 Å². The highest BCUT2D eigenvalue weighted by atomic mass is 32.2. The van der Waals surface area contributed by atoms with Gasteiger partial charge in [-0.25, -0.2) is 8.96 Å². The molecule has 1 rings (SSSR count). The Morgan fingerprint density at radius 2 is 2.13 bits per heavy atom. The number of imidazole rings is 1. The Labute approximate surface area is 92.0 Å². The van der Waals surface area contributed by atoms with Crippen molar-refractivity contribution in [2.45, 2.75) is 27.3 Å². The summed E-state index contributed by atoms with van der Waals surface area (Å²) in [6, 6.07) is 0. The Hall–Kier alpha value is -0.750. The third-order valence-electron chi connectivity index (χ3n) is 2.38. The zero-order valence-electron chi connectivity index (χ0n) is 9.23. The molecule has 0 N–H and O–H groups in total. The van der Waals surface area contributed by atoms with Gasteiger partial charge >= 0.3 is 11.4 Å². The molecule has 0 bridgehead atoms. The fourth-order valence-corrected chi connectivity index (χ4v) is 2.00. The van der Waals surface area contributed by atoms with E-state index in [1.54, 1.807) is 13.1 Å².